The van der Waals surface area contributed by atoms with E-state index in [1.807, 2.05) is 24.3 Å². The highest BCUT2D eigenvalue weighted by Gasteiger charge is 2.32. The van der Waals surface area contributed by atoms with E-state index >= 15 is 0 Å². The molecule has 132 valence electrons. The third-order valence-electron chi connectivity index (χ3n) is 4.88. The maximum atomic E-state index is 11.6. The summed E-state index contributed by atoms with van der Waals surface area (Å²) >= 11 is 0. The van der Waals surface area contributed by atoms with Crippen molar-refractivity contribution in [3.05, 3.63) is 65.7 Å². The lowest BCUT2D eigenvalue weighted by Crippen LogP contribution is -2.31. The lowest BCUT2D eigenvalue weighted by atomic mass is 10.0. The Morgan fingerprint density at radius 3 is 2.73 bits per heavy atom. The lowest BCUT2D eigenvalue weighted by Gasteiger charge is -2.09. The molecular formula is C21H20N2O3. The molecule has 2 aromatic carbocycles. The van der Waals surface area contributed by atoms with Crippen LogP contribution in [0.25, 0.3) is 17.2 Å². The van der Waals surface area contributed by atoms with Crippen LogP contribution in [-0.2, 0) is 14.4 Å². The second kappa shape index (κ2) is 6.77. The van der Waals surface area contributed by atoms with Gasteiger partial charge >= 0.3 is 5.97 Å². The van der Waals surface area contributed by atoms with Crippen LogP contribution in [0.15, 0.2) is 54.2 Å². The van der Waals surface area contributed by atoms with Crippen molar-refractivity contribution in [1.82, 2.24) is 5.32 Å². The van der Waals surface area contributed by atoms with Crippen LogP contribution in [-0.4, -0.2) is 37.5 Å². The van der Waals surface area contributed by atoms with Crippen molar-refractivity contribution in [2.75, 3.05) is 13.7 Å². The smallest absolute Gasteiger partial charge is 0.323 e. The zero-order chi connectivity index (χ0) is 18.1. The summed E-state index contributed by atoms with van der Waals surface area (Å²) in [7, 11) is 1.39. The number of oxime groups is 1. The number of benzene rings is 2. The third-order valence-corrected chi connectivity index (χ3v) is 4.88. The van der Waals surface area contributed by atoms with Crippen molar-refractivity contribution in [2.24, 2.45) is 5.16 Å². The number of carbonyl (C=O) groups is 1. The molecule has 2 atom stereocenters. The highest BCUT2D eigenvalue weighted by Crippen LogP contribution is 2.37. The molecule has 26 heavy (non-hydrogen) atoms. The molecule has 5 nitrogen and oxygen atoms in total. The van der Waals surface area contributed by atoms with Crippen molar-refractivity contribution < 1.29 is 14.4 Å². The minimum atomic E-state index is -0.333. The first kappa shape index (κ1) is 16.5. The van der Waals surface area contributed by atoms with Crippen LogP contribution in [0.1, 0.15) is 23.1 Å². The summed E-state index contributed by atoms with van der Waals surface area (Å²) in [6.07, 6.45) is 2.21. The number of hydrogen-bond donors (Lipinski definition) is 1. The van der Waals surface area contributed by atoms with Crippen LogP contribution >= 0.6 is 0 Å². The highest BCUT2D eigenvalue weighted by atomic mass is 16.6. The van der Waals surface area contributed by atoms with E-state index in [4.69, 9.17) is 9.57 Å². The van der Waals surface area contributed by atoms with Crippen LogP contribution in [0.5, 0.6) is 0 Å². The number of methoxy groups -OCH3 is 1. The summed E-state index contributed by atoms with van der Waals surface area (Å²) in [6.45, 7) is 4.42. The van der Waals surface area contributed by atoms with E-state index < -0.39 is 0 Å². The third kappa shape index (κ3) is 2.80. The molecule has 0 aromatic heterocycles. The molecule has 0 amide bonds. The van der Waals surface area contributed by atoms with Gasteiger partial charge in [0.1, 0.15) is 17.9 Å². The van der Waals surface area contributed by atoms with Crippen molar-refractivity contribution in [3.63, 3.8) is 0 Å². The highest BCUT2D eigenvalue weighted by molar-refractivity contribution is 6.24. The second-order valence-electron chi connectivity index (χ2n) is 6.44. The van der Waals surface area contributed by atoms with Gasteiger partial charge in [-0.15, -0.1) is 0 Å². The van der Waals surface area contributed by atoms with Gasteiger partial charge in [0.15, 0.2) is 0 Å². The van der Waals surface area contributed by atoms with Gasteiger partial charge in [0.25, 0.3) is 0 Å². The number of fused-ring (bicyclic) bond motifs is 3. The second-order valence-corrected chi connectivity index (χ2v) is 6.44. The lowest BCUT2D eigenvalue weighted by molar-refractivity contribution is -0.142. The zero-order valence-electron chi connectivity index (χ0n) is 14.6. The van der Waals surface area contributed by atoms with Gasteiger partial charge in [-0.05, 0) is 22.8 Å². The van der Waals surface area contributed by atoms with Crippen LogP contribution in [0, 0.1) is 0 Å². The number of esters is 1. The van der Waals surface area contributed by atoms with Gasteiger partial charge in [0.05, 0.1) is 7.11 Å². The Morgan fingerprint density at radius 1 is 1.19 bits per heavy atom. The Balaban J connectivity index is 1.63. The Bertz CT molecular complexity index is 904. The van der Waals surface area contributed by atoms with Gasteiger partial charge in [0, 0.05) is 24.1 Å². The van der Waals surface area contributed by atoms with Crippen LogP contribution < -0.4 is 5.32 Å². The van der Waals surface area contributed by atoms with Gasteiger partial charge in [-0.25, -0.2) is 0 Å². The fraction of sp³-hybridized carbons (Fsp3) is 0.238. The molecule has 0 spiro atoms. The van der Waals surface area contributed by atoms with Gasteiger partial charge in [0.2, 0.25) is 0 Å². The number of nitrogens with zero attached hydrogens (tertiary/aromatic N) is 1. The van der Waals surface area contributed by atoms with E-state index in [1.54, 1.807) is 0 Å². The molecule has 5 heteroatoms. The summed E-state index contributed by atoms with van der Waals surface area (Å²) in [5.41, 5.74) is 6.25. The molecule has 1 saturated heterocycles. The van der Waals surface area contributed by atoms with Crippen molar-refractivity contribution >= 4 is 17.8 Å². The summed E-state index contributed by atoms with van der Waals surface area (Å²) in [6, 6.07) is 14.1. The predicted octanol–water partition coefficient (Wildman–Crippen LogP) is 2.98. The topological polar surface area (TPSA) is 59.9 Å². The molecule has 1 fully saturated rings. The van der Waals surface area contributed by atoms with E-state index in [0.717, 1.165) is 33.5 Å². The van der Waals surface area contributed by atoms with Crippen molar-refractivity contribution in [1.29, 1.82) is 0 Å². The first-order chi connectivity index (χ1) is 12.7. The normalized spacial score (nSPS) is 22.0. The first-order valence-electron chi connectivity index (χ1n) is 8.63. The van der Waals surface area contributed by atoms with Gasteiger partial charge in [-0.1, -0.05) is 54.2 Å². The fourth-order valence-electron chi connectivity index (χ4n) is 3.52. The maximum Gasteiger partial charge on any atom is 0.323 e. The van der Waals surface area contributed by atoms with Gasteiger partial charge in [-0.3, -0.25) is 4.79 Å². The van der Waals surface area contributed by atoms with Crippen molar-refractivity contribution in [3.8, 4) is 11.1 Å². The monoisotopic (exact) mass is 348 g/mol. The standard InChI is InChI=1S/C21H20N2O3/c1-3-13-8-9-16-15-6-4-5-7-17(15)20(18(16)10-13)23-26-14-11-19(22-12-14)21(24)25-2/h3-10,14,19,22H,1,11-12H2,2H3/b23-20-/t14-,19+/m1/s1. The molecule has 1 aliphatic carbocycles. The first-order valence-corrected chi connectivity index (χ1v) is 8.63. The summed E-state index contributed by atoms with van der Waals surface area (Å²) < 4.78 is 4.78. The van der Waals surface area contributed by atoms with Crippen LogP contribution in [0.2, 0.25) is 0 Å². The van der Waals surface area contributed by atoms with Crippen LogP contribution in [0.4, 0.5) is 0 Å². The quantitative estimate of drug-likeness (QED) is 0.582. The molecule has 4 rings (SSSR count). The molecule has 1 aliphatic heterocycles. The average molecular weight is 348 g/mol. The molecule has 0 bridgehead atoms. The molecule has 2 aliphatic rings. The molecule has 1 heterocycles. The molecular weight excluding hydrogens is 328 g/mol. The fourth-order valence-corrected chi connectivity index (χ4v) is 3.52. The maximum absolute atomic E-state index is 11.6. The Labute approximate surface area is 152 Å². The number of rotatable bonds is 4. The SMILES string of the molecule is C=Cc1ccc2c(c1)/C(=N\O[C@H]1CN[C@H](C(=O)OC)C1)c1ccccc1-2. The molecule has 0 saturated carbocycles. The van der Waals surface area contributed by atoms with Gasteiger partial charge < -0.3 is 14.9 Å². The number of ether oxygens (including phenoxy) is 1. The number of hydrogen-bond acceptors (Lipinski definition) is 5. The molecule has 0 radical (unpaired) electrons. The van der Waals surface area contributed by atoms with E-state index in [0.29, 0.717) is 13.0 Å². The molecule has 0 unspecified atom stereocenters. The minimum absolute atomic E-state index is 0.162. The average Bonchev–Trinajstić information content (AvgIpc) is 3.28. The predicted molar refractivity (Wildman–Crippen MR) is 101 cm³/mol. The molecule has 2 aromatic rings. The summed E-state index contributed by atoms with van der Waals surface area (Å²) in [5, 5.41) is 7.58. The van der Waals surface area contributed by atoms with E-state index in [2.05, 4.69) is 41.3 Å². The Kier molecular flexibility index (Phi) is 4.31. The summed E-state index contributed by atoms with van der Waals surface area (Å²) in [5.74, 6) is -0.268. The molecule has 1 N–H and O–H groups in total. The zero-order valence-corrected chi connectivity index (χ0v) is 14.6. The van der Waals surface area contributed by atoms with E-state index in [1.165, 1.54) is 7.11 Å². The van der Waals surface area contributed by atoms with E-state index in [-0.39, 0.29) is 18.1 Å². The van der Waals surface area contributed by atoms with Crippen molar-refractivity contribution in [2.45, 2.75) is 18.6 Å². The van der Waals surface area contributed by atoms with E-state index in [9.17, 15) is 4.79 Å². The largest absolute Gasteiger partial charge is 0.468 e. The number of carbonyl (C=O) groups excluding carboxylic acids is 1. The Morgan fingerprint density at radius 2 is 1.96 bits per heavy atom. The van der Waals surface area contributed by atoms with Gasteiger partial charge in [-0.2, -0.15) is 0 Å². The summed E-state index contributed by atoms with van der Waals surface area (Å²) in [4.78, 5) is 17.4. The van der Waals surface area contributed by atoms with Crippen LogP contribution in [0.3, 0.4) is 0 Å². The number of nitrogens with one attached hydrogen (secondary N) is 1. The Hall–Kier alpha value is -2.92. The minimum Gasteiger partial charge on any atom is -0.468 e.